The van der Waals surface area contributed by atoms with Crippen LogP contribution in [0.4, 0.5) is 5.95 Å². The fourth-order valence-corrected chi connectivity index (χ4v) is 3.56. The molecule has 2 fully saturated rings. The quantitative estimate of drug-likeness (QED) is 0.814. The Bertz CT molecular complexity index is 831. The van der Waals surface area contributed by atoms with Crippen molar-refractivity contribution in [3.8, 4) is 17.0 Å². The molecule has 2 aromatic rings. The second-order valence-electron chi connectivity index (χ2n) is 7.65. The van der Waals surface area contributed by atoms with E-state index in [1.165, 1.54) is 0 Å². The molecular weight excluding hydrogens is 340 g/mol. The Kier molecular flexibility index (Phi) is 4.72. The Labute approximate surface area is 160 Å². The van der Waals surface area contributed by atoms with Crippen LogP contribution in [0, 0.1) is 5.92 Å². The van der Waals surface area contributed by atoms with Gasteiger partial charge in [-0.15, -0.1) is 0 Å². The van der Waals surface area contributed by atoms with Crippen molar-refractivity contribution in [3.05, 3.63) is 36.0 Å². The highest BCUT2D eigenvalue weighted by Crippen LogP contribution is 2.35. The first-order valence-electron chi connectivity index (χ1n) is 9.54. The van der Waals surface area contributed by atoms with Gasteiger partial charge >= 0.3 is 0 Å². The largest absolute Gasteiger partial charge is 0.497 e. The molecule has 2 heterocycles. The zero-order valence-corrected chi connectivity index (χ0v) is 16.2. The van der Waals surface area contributed by atoms with Crippen molar-refractivity contribution in [3.63, 3.8) is 0 Å². The number of benzene rings is 1. The minimum Gasteiger partial charge on any atom is -0.497 e. The summed E-state index contributed by atoms with van der Waals surface area (Å²) in [6, 6.07) is 9.99. The average Bonchev–Trinajstić information content (AvgIpc) is 3.43. The van der Waals surface area contributed by atoms with Crippen molar-refractivity contribution in [2.75, 3.05) is 39.2 Å². The Morgan fingerprint density at radius 2 is 1.89 bits per heavy atom. The number of hydrogen-bond donors (Lipinski definition) is 0. The van der Waals surface area contributed by atoms with Gasteiger partial charge in [-0.1, -0.05) is 0 Å². The monoisotopic (exact) mass is 366 g/mol. The van der Waals surface area contributed by atoms with E-state index in [1.807, 2.05) is 48.2 Å². The van der Waals surface area contributed by atoms with E-state index in [2.05, 4.69) is 6.07 Å². The molecule has 27 heavy (non-hydrogen) atoms. The minimum absolute atomic E-state index is 0.270. The van der Waals surface area contributed by atoms with Gasteiger partial charge in [0.25, 0.3) is 0 Å². The third-order valence-electron chi connectivity index (χ3n) is 5.36. The van der Waals surface area contributed by atoms with E-state index in [4.69, 9.17) is 14.7 Å². The van der Waals surface area contributed by atoms with Crippen molar-refractivity contribution in [2.24, 2.45) is 5.92 Å². The van der Waals surface area contributed by atoms with E-state index < -0.39 is 0 Å². The number of amides is 1. The molecule has 0 unspecified atom stereocenters. The summed E-state index contributed by atoms with van der Waals surface area (Å²) in [6.07, 6.45) is 3.07. The summed E-state index contributed by atoms with van der Waals surface area (Å²) >= 11 is 0. The van der Waals surface area contributed by atoms with Gasteiger partial charge in [0.1, 0.15) is 5.75 Å². The molecule has 1 aliphatic carbocycles. The van der Waals surface area contributed by atoms with Crippen LogP contribution in [0.25, 0.3) is 11.3 Å². The van der Waals surface area contributed by atoms with E-state index >= 15 is 0 Å². The molecule has 2 aliphatic rings. The number of carbonyl (C=O) groups is 1. The van der Waals surface area contributed by atoms with Crippen LogP contribution in [0.5, 0.6) is 5.75 Å². The van der Waals surface area contributed by atoms with E-state index in [0.717, 1.165) is 55.1 Å². The number of aromatic nitrogens is 2. The first kappa shape index (κ1) is 17.8. The molecule has 0 bridgehead atoms. The first-order valence-corrected chi connectivity index (χ1v) is 9.54. The van der Waals surface area contributed by atoms with Crippen molar-refractivity contribution in [2.45, 2.75) is 25.2 Å². The number of nitrogens with zero attached hydrogens (tertiary/aromatic N) is 4. The molecule has 1 aliphatic heterocycles. The molecule has 1 amide bonds. The number of anilines is 1. The lowest BCUT2D eigenvalue weighted by atomic mass is 10.0. The van der Waals surface area contributed by atoms with E-state index in [9.17, 15) is 4.79 Å². The molecule has 142 valence electrons. The molecule has 1 aromatic carbocycles. The standard InChI is InChI=1S/C21H26N4O2/c1-24(2)21-22-18(14-6-8-17(27-3)9-7-14)12-19(23-21)16-10-11-25(13-16)20(26)15-4-5-15/h6-9,12,15-16H,4-5,10-11,13H2,1-3H3/t16-/m0/s1. The molecule has 1 saturated heterocycles. The minimum atomic E-state index is 0.270. The molecule has 4 rings (SSSR count). The third-order valence-corrected chi connectivity index (χ3v) is 5.36. The third kappa shape index (κ3) is 3.75. The fraction of sp³-hybridized carbons (Fsp3) is 0.476. The smallest absolute Gasteiger partial charge is 0.225 e. The van der Waals surface area contributed by atoms with Gasteiger partial charge in [0.2, 0.25) is 11.9 Å². The summed E-state index contributed by atoms with van der Waals surface area (Å²) < 4.78 is 5.25. The summed E-state index contributed by atoms with van der Waals surface area (Å²) in [5.41, 5.74) is 2.95. The maximum Gasteiger partial charge on any atom is 0.225 e. The van der Waals surface area contributed by atoms with Gasteiger partial charge < -0.3 is 14.5 Å². The zero-order chi connectivity index (χ0) is 19.0. The first-order chi connectivity index (χ1) is 13.0. The van der Waals surface area contributed by atoms with Gasteiger partial charge in [0.05, 0.1) is 18.5 Å². The number of methoxy groups -OCH3 is 1. The summed E-state index contributed by atoms with van der Waals surface area (Å²) in [5.74, 6) is 2.40. The van der Waals surface area contributed by atoms with Gasteiger partial charge in [-0.05, 0) is 49.6 Å². The van der Waals surface area contributed by atoms with Crippen molar-refractivity contribution < 1.29 is 9.53 Å². The molecule has 0 N–H and O–H groups in total. The predicted octanol–water partition coefficient (Wildman–Crippen LogP) is 2.94. The van der Waals surface area contributed by atoms with Crippen LogP contribution >= 0.6 is 0 Å². The lowest BCUT2D eigenvalue weighted by molar-refractivity contribution is -0.131. The van der Waals surface area contributed by atoms with Crippen LogP contribution in [-0.4, -0.2) is 55.1 Å². The number of likely N-dealkylation sites (tertiary alicyclic amines) is 1. The Morgan fingerprint density at radius 3 is 2.52 bits per heavy atom. The molecule has 6 heteroatoms. The lowest BCUT2D eigenvalue weighted by Gasteiger charge is -2.18. The summed E-state index contributed by atoms with van der Waals surface area (Å²) in [4.78, 5) is 25.8. The highest BCUT2D eigenvalue weighted by Gasteiger charge is 2.37. The lowest BCUT2D eigenvalue weighted by Crippen LogP contribution is -2.29. The van der Waals surface area contributed by atoms with E-state index in [0.29, 0.717) is 11.9 Å². The number of rotatable bonds is 5. The van der Waals surface area contributed by atoms with Crippen molar-refractivity contribution in [1.29, 1.82) is 0 Å². The zero-order valence-electron chi connectivity index (χ0n) is 16.2. The Morgan fingerprint density at radius 1 is 1.15 bits per heavy atom. The Hall–Kier alpha value is -2.63. The average molecular weight is 366 g/mol. The van der Waals surface area contributed by atoms with Crippen LogP contribution in [0.3, 0.4) is 0 Å². The summed E-state index contributed by atoms with van der Waals surface area (Å²) in [6.45, 7) is 1.60. The van der Waals surface area contributed by atoms with Crippen molar-refractivity contribution in [1.82, 2.24) is 14.9 Å². The van der Waals surface area contributed by atoms with E-state index in [1.54, 1.807) is 7.11 Å². The predicted molar refractivity (Wildman–Crippen MR) is 105 cm³/mol. The molecule has 1 aromatic heterocycles. The molecule has 1 saturated carbocycles. The van der Waals surface area contributed by atoms with Crippen LogP contribution < -0.4 is 9.64 Å². The van der Waals surface area contributed by atoms with Crippen LogP contribution in [0.1, 0.15) is 30.9 Å². The highest BCUT2D eigenvalue weighted by atomic mass is 16.5. The normalized spacial score (nSPS) is 19.2. The molecule has 6 nitrogen and oxygen atoms in total. The number of ether oxygens (including phenoxy) is 1. The molecule has 1 atom stereocenters. The van der Waals surface area contributed by atoms with Crippen LogP contribution in [0.15, 0.2) is 30.3 Å². The SMILES string of the molecule is COc1ccc(-c2cc([C@H]3CCN(C(=O)C4CC4)C3)nc(N(C)C)n2)cc1. The number of hydrogen-bond acceptors (Lipinski definition) is 5. The van der Waals surface area contributed by atoms with Gasteiger partial charge in [-0.25, -0.2) is 9.97 Å². The van der Waals surface area contributed by atoms with Gasteiger partial charge in [-0.3, -0.25) is 4.79 Å². The maximum absolute atomic E-state index is 12.4. The van der Waals surface area contributed by atoms with Gasteiger partial charge in [-0.2, -0.15) is 0 Å². The summed E-state index contributed by atoms with van der Waals surface area (Å²) in [5, 5.41) is 0. The maximum atomic E-state index is 12.4. The van der Waals surface area contributed by atoms with Crippen LogP contribution in [-0.2, 0) is 4.79 Å². The second kappa shape index (κ2) is 7.18. The van der Waals surface area contributed by atoms with E-state index in [-0.39, 0.29) is 11.8 Å². The van der Waals surface area contributed by atoms with Crippen LogP contribution in [0.2, 0.25) is 0 Å². The van der Waals surface area contributed by atoms with Crippen molar-refractivity contribution >= 4 is 11.9 Å². The van der Waals surface area contributed by atoms with Gasteiger partial charge in [0, 0.05) is 44.6 Å². The molecule has 0 radical (unpaired) electrons. The number of carbonyl (C=O) groups excluding carboxylic acids is 1. The van der Waals surface area contributed by atoms with Gasteiger partial charge in [0.15, 0.2) is 0 Å². The summed E-state index contributed by atoms with van der Waals surface area (Å²) in [7, 11) is 5.57. The topological polar surface area (TPSA) is 58.6 Å². The molecular formula is C21H26N4O2. The Balaban J connectivity index is 1.62. The highest BCUT2D eigenvalue weighted by molar-refractivity contribution is 5.81. The fourth-order valence-electron chi connectivity index (χ4n) is 3.56. The molecule has 0 spiro atoms. The second-order valence-corrected chi connectivity index (χ2v) is 7.65.